The number of carbonyl (C=O) groups is 2. The summed E-state index contributed by atoms with van der Waals surface area (Å²) in [5.41, 5.74) is -0.243. The molecule has 1 spiro atoms. The number of hydrogen-bond acceptors (Lipinski definition) is 14. The van der Waals surface area contributed by atoms with Gasteiger partial charge in [-0.25, -0.2) is 0 Å². The summed E-state index contributed by atoms with van der Waals surface area (Å²) in [6.07, 6.45) is 3.79. The van der Waals surface area contributed by atoms with Crippen molar-refractivity contribution in [2.45, 2.75) is 124 Å². The van der Waals surface area contributed by atoms with Gasteiger partial charge in [0.25, 0.3) is 11.7 Å². The number of nitrogens with one attached hydrogen (secondary N) is 1. The number of phenols is 2. The fourth-order valence-corrected chi connectivity index (χ4v) is 9.35. The van der Waals surface area contributed by atoms with Gasteiger partial charge in [-0.05, 0) is 25.8 Å². The van der Waals surface area contributed by atoms with E-state index in [0.717, 1.165) is 19.6 Å². The van der Waals surface area contributed by atoms with E-state index in [-0.39, 0.29) is 50.0 Å². The van der Waals surface area contributed by atoms with Gasteiger partial charge < -0.3 is 54.7 Å². The maximum Gasteiger partial charge on any atom is 0.302 e. The number of allylic oxidation sites excluding steroid dienone is 2. The number of amides is 1. The van der Waals surface area contributed by atoms with E-state index in [4.69, 9.17) is 28.9 Å². The largest absolute Gasteiger partial charge is 0.507 e. The quantitative estimate of drug-likeness (QED) is 0.184. The number of benzene rings is 2. The van der Waals surface area contributed by atoms with Crippen molar-refractivity contribution in [2.75, 3.05) is 32.1 Å². The van der Waals surface area contributed by atoms with Gasteiger partial charge in [0.15, 0.2) is 17.5 Å². The van der Waals surface area contributed by atoms with Gasteiger partial charge in [0.1, 0.15) is 28.6 Å². The molecule has 1 saturated heterocycles. The highest BCUT2D eigenvalue weighted by Crippen LogP contribution is 2.54. The first-order valence-electron chi connectivity index (χ1n) is 21.4. The van der Waals surface area contributed by atoms with E-state index in [1.54, 1.807) is 65.8 Å². The number of nitrogens with zero attached hydrogens (tertiary/aromatic N) is 3. The Balaban J connectivity index is 1.54. The Kier molecular flexibility index (Phi) is 13.3. The van der Waals surface area contributed by atoms with Crippen LogP contribution >= 0.6 is 0 Å². The Morgan fingerprint density at radius 2 is 1.62 bits per heavy atom. The first-order chi connectivity index (χ1) is 28.6. The van der Waals surface area contributed by atoms with Crippen LogP contribution in [0.25, 0.3) is 10.8 Å². The molecular weight excluding hydrogens is 785 g/mol. The third kappa shape index (κ3) is 8.64. The number of aromatic hydroxyl groups is 2. The summed E-state index contributed by atoms with van der Waals surface area (Å²) in [6, 6.07) is 0. The average molecular weight is 849 g/mol. The number of aliphatic hydroxyl groups is 3. The molecule has 4 bridgehead atoms. The number of ether oxygens (including phenoxy) is 4. The number of fused-ring (bicyclic) bond motifs is 1. The minimum absolute atomic E-state index is 0.0265. The van der Waals surface area contributed by atoms with E-state index in [0.29, 0.717) is 24.1 Å². The molecule has 1 unspecified atom stereocenters. The van der Waals surface area contributed by atoms with Crippen molar-refractivity contribution in [3.8, 4) is 17.2 Å². The van der Waals surface area contributed by atoms with Crippen LogP contribution in [-0.2, 0) is 23.8 Å². The highest BCUT2D eigenvalue weighted by molar-refractivity contribution is 6.08. The third-order valence-electron chi connectivity index (χ3n) is 13.1. The normalized spacial score (nSPS) is 33.9. The molecule has 10 atom stereocenters. The second kappa shape index (κ2) is 17.7. The van der Waals surface area contributed by atoms with E-state index in [9.17, 15) is 35.1 Å². The molecule has 2 aromatic rings. The number of phenolic OH excluding ortho intramolecular Hbond substituents is 2. The molecular formula is C46H64N4O11. The van der Waals surface area contributed by atoms with Crippen LogP contribution in [0.2, 0.25) is 0 Å². The lowest BCUT2D eigenvalue weighted by atomic mass is 9.78. The van der Waals surface area contributed by atoms with Crippen molar-refractivity contribution in [3.63, 3.8) is 0 Å². The molecule has 2 aromatic carbocycles. The summed E-state index contributed by atoms with van der Waals surface area (Å²) in [7, 11) is 1.48. The third-order valence-corrected chi connectivity index (χ3v) is 13.1. The summed E-state index contributed by atoms with van der Waals surface area (Å²) < 4.78 is 24.2. The second-order valence-corrected chi connectivity index (χ2v) is 18.1. The summed E-state index contributed by atoms with van der Waals surface area (Å²) in [5.74, 6) is -5.36. The van der Waals surface area contributed by atoms with Gasteiger partial charge in [0.2, 0.25) is 0 Å². The second-order valence-electron chi connectivity index (χ2n) is 18.1. The van der Waals surface area contributed by atoms with Gasteiger partial charge in [0.05, 0.1) is 35.3 Å². The number of aliphatic hydroxyl groups excluding tert-OH is 3. The van der Waals surface area contributed by atoms with Crippen LogP contribution < -0.4 is 20.8 Å². The number of carbonyl (C=O) groups excluding carboxylic acids is 2. The van der Waals surface area contributed by atoms with Crippen LogP contribution in [0.1, 0.15) is 92.4 Å². The van der Waals surface area contributed by atoms with Gasteiger partial charge in [0, 0.05) is 99.2 Å². The molecule has 0 aliphatic carbocycles. The molecule has 6 N–H and O–H groups in total. The molecule has 15 nitrogen and oxygen atoms in total. The zero-order valence-corrected chi connectivity index (χ0v) is 37.2. The van der Waals surface area contributed by atoms with Crippen molar-refractivity contribution < 1.29 is 54.1 Å². The molecule has 4 heterocycles. The van der Waals surface area contributed by atoms with Crippen molar-refractivity contribution >= 4 is 28.3 Å². The monoisotopic (exact) mass is 848 g/mol. The SMILES string of the molecule is CO[C@H]1/C=C\O[C@@]2(C)Oc3c(C)c(O)c4c(O)c(c5c(c4c3C2O)=NC2(CCN(CC(C)C)CC2)N=5)NC(=O)/C(C)=C/C=C\[C@H](C)[C@H](O)[C@@H](C)[C@@H](O)[C@@H](C)[C@@H](OC(C)=O)[C@H]1C. The lowest BCUT2D eigenvalue weighted by Gasteiger charge is -2.38. The summed E-state index contributed by atoms with van der Waals surface area (Å²) in [4.78, 5) is 39.1. The number of esters is 1. The van der Waals surface area contributed by atoms with Crippen molar-refractivity contribution in [2.24, 2.45) is 39.6 Å². The molecule has 6 rings (SSSR count). The van der Waals surface area contributed by atoms with Crippen LogP contribution in [-0.4, -0.2) is 105 Å². The lowest BCUT2D eigenvalue weighted by Crippen LogP contribution is -2.46. The van der Waals surface area contributed by atoms with Crippen LogP contribution in [0.3, 0.4) is 0 Å². The van der Waals surface area contributed by atoms with Crippen molar-refractivity contribution in [1.82, 2.24) is 4.90 Å². The Labute approximate surface area is 357 Å². The van der Waals surface area contributed by atoms with Crippen molar-refractivity contribution in [1.29, 1.82) is 0 Å². The minimum atomic E-state index is -1.76. The molecule has 0 aromatic heterocycles. The number of anilines is 1. The highest BCUT2D eigenvalue weighted by Gasteiger charge is 2.50. The zero-order valence-electron chi connectivity index (χ0n) is 37.2. The fraction of sp³-hybridized carbons (Fsp3) is 0.609. The summed E-state index contributed by atoms with van der Waals surface area (Å²) in [5, 5.41) is 62.8. The van der Waals surface area contributed by atoms with Gasteiger partial charge in [-0.3, -0.25) is 19.6 Å². The van der Waals surface area contributed by atoms with E-state index in [1.165, 1.54) is 20.3 Å². The first-order valence-corrected chi connectivity index (χ1v) is 21.4. The predicted molar refractivity (Wildman–Crippen MR) is 228 cm³/mol. The van der Waals surface area contributed by atoms with Crippen LogP contribution in [0, 0.1) is 36.5 Å². The van der Waals surface area contributed by atoms with Crippen LogP contribution in [0.5, 0.6) is 17.2 Å². The molecule has 0 saturated carbocycles. The van der Waals surface area contributed by atoms with E-state index in [2.05, 4.69) is 24.1 Å². The van der Waals surface area contributed by atoms with E-state index < -0.39 is 83.3 Å². The maximum absolute atomic E-state index is 13.9. The van der Waals surface area contributed by atoms with Gasteiger partial charge in [-0.15, -0.1) is 0 Å². The molecule has 1 amide bonds. The van der Waals surface area contributed by atoms with Crippen LogP contribution in [0.4, 0.5) is 5.69 Å². The Morgan fingerprint density at radius 1 is 0.967 bits per heavy atom. The van der Waals surface area contributed by atoms with Gasteiger partial charge >= 0.3 is 5.97 Å². The number of rotatable bonds is 4. The van der Waals surface area contributed by atoms with E-state index >= 15 is 0 Å². The standard InChI is InChI=1S/C46H64N4O11/c1-22(2)21-50-18-16-46(17-19-50)48-34-31-32-39(54)28(8)42-33(31)43(56)45(10,61-42)59-20-15-30(58-11)25(5)41(60-29(9)51)27(7)38(53)26(6)37(52)23(3)13-12-14-24(4)44(57)47-36(40(32)55)35(34)49-46/h12-15,20,22-23,25-27,30,37-38,41,43,52-56H,16-19,21H2,1-11H3,(H,47,57)/b13-12-,20-15-,24-14+/t23-,25-,26+,27+,30-,37-,38+,41-,43?,45-/m0/s1. The smallest absolute Gasteiger partial charge is 0.302 e. The molecule has 4 aliphatic rings. The van der Waals surface area contributed by atoms with Crippen molar-refractivity contribution in [3.05, 3.63) is 58.0 Å². The summed E-state index contributed by atoms with van der Waals surface area (Å²) in [6.45, 7) is 19.8. The van der Waals surface area contributed by atoms with Gasteiger partial charge in [-0.1, -0.05) is 59.8 Å². The minimum Gasteiger partial charge on any atom is -0.507 e. The first kappa shape index (κ1) is 46.0. The maximum atomic E-state index is 13.9. The number of likely N-dealkylation sites (tertiary alicyclic amines) is 1. The van der Waals surface area contributed by atoms with E-state index in [1.807, 2.05) is 6.92 Å². The molecule has 61 heavy (non-hydrogen) atoms. The predicted octanol–water partition coefficient (Wildman–Crippen LogP) is 4.60. The highest BCUT2D eigenvalue weighted by atomic mass is 16.7. The summed E-state index contributed by atoms with van der Waals surface area (Å²) >= 11 is 0. The number of methoxy groups -OCH3 is 1. The zero-order chi connectivity index (χ0) is 44.9. The molecule has 0 radical (unpaired) electrons. The molecule has 15 heteroatoms. The molecule has 334 valence electrons. The molecule has 1 fully saturated rings. The topological polar surface area (TPSA) is 212 Å². The lowest BCUT2D eigenvalue weighted by molar-refractivity contribution is -0.181. The number of hydrogen-bond donors (Lipinski definition) is 6. The Hall–Kier alpha value is -4.54. The van der Waals surface area contributed by atoms with Gasteiger partial charge in [-0.2, -0.15) is 0 Å². The molecule has 4 aliphatic heterocycles. The Morgan fingerprint density at radius 3 is 2.25 bits per heavy atom. The average Bonchev–Trinajstić information content (AvgIpc) is 3.71. The Bertz CT molecular complexity index is 2250. The fourth-order valence-electron chi connectivity index (χ4n) is 9.35. The van der Waals surface area contributed by atoms with Crippen LogP contribution in [0.15, 0.2) is 46.1 Å². The number of piperidine rings is 1.